The zero-order chi connectivity index (χ0) is 10.0. The average molecular weight is 373 g/mol. The van der Waals surface area contributed by atoms with E-state index in [1.165, 1.54) is 0 Å². The molecule has 1 rings (SSSR count). The van der Waals surface area contributed by atoms with Crippen LogP contribution in [-0.2, 0) is 0 Å². The number of carbonyl (C=O) groups is 1. The Morgan fingerprint density at radius 3 is 2.69 bits per heavy atom. The largest absolute Gasteiger partial charge is 0.293 e. The van der Waals surface area contributed by atoms with Crippen molar-refractivity contribution in [2.45, 2.75) is 11.8 Å². The summed E-state index contributed by atoms with van der Waals surface area (Å²) in [5.74, 6) is 0.0152. The van der Waals surface area contributed by atoms with Crippen LogP contribution in [0.15, 0.2) is 18.2 Å². The molecule has 0 N–H and O–H groups in total. The lowest BCUT2D eigenvalue weighted by molar-refractivity contribution is 0.0996. The molecule has 0 aliphatic carbocycles. The van der Waals surface area contributed by atoms with E-state index < -0.39 is 0 Å². The Labute approximate surface area is 104 Å². The molecule has 0 aliphatic rings. The van der Waals surface area contributed by atoms with Gasteiger partial charge in [-0.3, -0.25) is 4.79 Å². The van der Waals surface area contributed by atoms with E-state index in [0.717, 1.165) is 3.57 Å². The summed E-state index contributed by atoms with van der Waals surface area (Å²) < 4.78 is 1.03. The van der Waals surface area contributed by atoms with Gasteiger partial charge in [0.15, 0.2) is 5.78 Å². The van der Waals surface area contributed by atoms with E-state index in [1.807, 2.05) is 6.07 Å². The molecule has 13 heavy (non-hydrogen) atoms. The standard InChI is InChI=1S/C9H7BrClIO/c1-5(10)9(13)7-3-2-6(12)4-8(7)11/h2-5H,1H3. The molecular weight excluding hydrogens is 366 g/mol. The van der Waals surface area contributed by atoms with Gasteiger partial charge in [0.1, 0.15) is 0 Å². The summed E-state index contributed by atoms with van der Waals surface area (Å²) in [5, 5.41) is 0.517. The molecular formula is C9H7BrClIO. The summed E-state index contributed by atoms with van der Waals surface area (Å²) in [4.78, 5) is 11.4. The van der Waals surface area contributed by atoms with Gasteiger partial charge >= 0.3 is 0 Å². The third-order valence-electron chi connectivity index (χ3n) is 1.56. The smallest absolute Gasteiger partial charge is 0.177 e. The molecule has 0 aliphatic heterocycles. The molecule has 0 radical (unpaired) electrons. The van der Waals surface area contributed by atoms with Gasteiger partial charge in [-0.2, -0.15) is 0 Å². The molecule has 1 aromatic rings. The predicted molar refractivity (Wildman–Crippen MR) is 66.9 cm³/mol. The van der Waals surface area contributed by atoms with Crippen molar-refractivity contribution in [3.63, 3.8) is 0 Å². The van der Waals surface area contributed by atoms with Crippen molar-refractivity contribution in [1.82, 2.24) is 0 Å². The van der Waals surface area contributed by atoms with Gasteiger partial charge in [0.2, 0.25) is 0 Å². The topological polar surface area (TPSA) is 17.1 Å². The summed E-state index contributed by atoms with van der Waals surface area (Å²) in [6, 6.07) is 5.41. The van der Waals surface area contributed by atoms with E-state index >= 15 is 0 Å². The second-order valence-electron chi connectivity index (χ2n) is 2.60. The fraction of sp³-hybridized carbons (Fsp3) is 0.222. The second kappa shape index (κ2) is 4.75. The Kier molecular flexibility index (Phi) is 4.19. The monoisotopic (exact) mass is 372 g/mol. The van der Waals surface area contributed by atoms with Crippen LogP contribution in [0, 0.1) is 3.57 Å². The van der Waals surface area contributed by atoms with Gasteiger partial charge in [0, 0.05) is 9.13 Å². The summed E-state index contributed by atoms with van der Waals surface area (Å²) in [6.45, 7) is 1.79. The highest BCUT2D eigenvalue weighted by Crippen LogP contribution is 2.21. The minimum Gasteiger partial charge on any atom is -0.293 e. The third-order valence-corrected chi connectivity index (χ3v) is 2.96. The molecule has 0 fully saturated rings. The van der Waals surface area contributed by atoms with Crippen molar-refractivity contribution < 1.29 is 4.79 Å². The minimum absolute atomic E-state index is 0.0152. The molecule has 0 saturated heterocycles. The van der Waals surface area contributed by atoms with Crippen LogP contribution >= 0.6 is 50.1 Å². The normalized spacial score (nSPS) is 12.6. The van der Waals surface area contributed by atoms with Gasteiger partial charge in [-0.15, -0.1) is 0 Å². The number of benzene rings is 1. The lowest BCUT2D eigenvalue weighted by Crippen LogP contribution is -2.10. The molecule has 1 unspecified atom stereocenters. The molecule has 0 aromatic heterocycles. The minimum atomic E-state index is -0.190. The van der Waals surface area contributed by atoms with Crippen LogP contribution in [0.5, 0.6) is 0 Å². The Morgan fingerprint density at radius 1 is 1.62 bits per heavy atom. The summed E-state index contributed by atoms with van der Waals surface area (Å²) in [7, 11) is 0. The number of ketones is 1. The number of alkyl halides is 1. The van der Waals surface area contributed by atoms with E-state index in [1.54, 1.807) is 19.1 Å². The highest BCUT2D eigenvalue weighted by atomic mass is 127. The van der Waals surface area contributed by atoms with Gasteiger partial charge in [0.05, 0.1) is 9.85 Å². The first-order valence-electron chi connectivity index (χ1n) is 3.65. The van der Waals surface area contributed by atoms with Crippen LogP contribution in [-0.4, -0.2) is 10.6 Å². The van der Waals surface area contributed by atoms with E-state index in [-0.39, 0.29) is 10.6 Å². The molecule has 0 bridgehead atoms. The Morgan fingerprint density at radius 2 is 2.23 bits per heavy atom. The Bertz CT molecular complexity index is 338. The van der Waals surface area contributed by atoms with Gasteiger partial charge in [-0.25, -0.2) is 0 Å². The third kappa shape index (κ3) is 2.92. The number of hydrogen-bond acceptors (Lipinski definition) is 1. The highest BCUT2D eigenvalue weighted by Gasteiger charge is 2.14. The maximum atomic E-state index is 11.5. The average Bonchev–Trinajstić information content (AvgIpc) is 2.03. The zero-order valence-electron chi connectivity index (χ0n) is 6.85. The van der Waals surface area contributed by atoms with E-state index in [0.29, 0.717) is 10.6 Å². The van der Waals surface area contributed by atoms with Crippen LogP contribution < -0.4 is 0 Å². The van der Waals surface area contributed by atoms with Crippen LogP contribution in [0.4, 0.5) is 0 Å². The number of hydrogen-bond donors (Lipinski definition) is 0. The molecule has 0 spiro atoms. The number of carbonyl (C=O) groups excluding carboxylic acids is 1. The Balaban J connectivity index is 3.09. The van der Waals surface area contributed by atoms with Crippen molar-refractivity contribution in [3.05, 3.63) is 32.4 Å². The number of rotatable bonds is 2. The molecule has 1 nitrogen and oxygen atoms in total. The first kappa shape index (κ1) is 11.5. The molecule has 70 valence electrons. The van der Waals surface area contributed by atoms with Gasteiger partial charge in [-0.05, 0) is 47.7 Å². The quantitative estimate of drug-likeness (QED) is 0.436. The second-order valence-corrected chi connectivity index (χ2v) is 5.63. The van der Waals surface area contributed by atoms with E-state index in [9.17, 15) is 4.79 Å². The lowest BCUT2D eigenvalue weighted by atomic mass is 10.1. The molecule has 0 heterocycles. The van der Waals surface area contributed by atoms with Crippen molar-refractivity contribution in [2.75, 3.05) is 0 Å². The SMILES string of the molecule is CC(Br)C(=O)c1ccc(I)cc1Cl. The maximum Gasteiger partial charge on any atom is 0.177 e. The Hall–Kier alpha value is 0.390. The predicted octanol–water partition coefficient (Wildman–Crippen LogP) is 3.91. The fourth-order valence-corrected chi connectivity index (χ4v) is 2.10. The summed E-state index contributed by atoms with van der Waals surface area (Å²) >= 11 is 11.3. The van der Waals surface area contributed by atoms with E-state index in [4.69, 9.17) is 11.6 Å². The van der Waals surface area contributed by atoms with Crippen LogP contribution in [0.2, 0.25) is 5.02 Å². The van der Waals surface area contributed by atoms with Crippen LogP contribution in [0.3, 0.4) is 0 Å². The highest BCUT2D eigenvalue weighted by molar-refractivity contribution is 14.1. The number of halogens is 3. The summed E-state index contributed by atoms with van der Waals surface area (Å²) in [5.41, 5.74) is 0.575. The van der Waals surface area contributed by atoms with Gasteiger partial charge in [0.25, 0.3) is 0 Å². The number of Topliss-reactive ketones (excluding diaryl/α,β-unsaturated/α-hetero) is 1. The molecule has 4 heteroatoms. The molecule has 0 saturated carbocycles. The van der Waals surface area contributed by atoms with Crippen molar-refractivity contribution in [3.8, 4) is 0 Å². The summed E-state index contributed by atoms with van der Waals surface area (Å²) in [6.07, 6.45) is 0. The van der Waals surface area contributed by atoms with Crippen molar-refractivity contribution in [1.29, 1.82) is 0 Å². The zero-order valence-corrected chi connectivity index (χ0v) is 11.4. The first-order valence-corrected chi connectivity index (χ1v) is 6.03. The maximum absolute atomic E-state index is 11.5. The van der Waals surface area contributed by atoms with Gasteiger partial charge < -0.3 is 0 Å². The fourth-order valence-electron chi connectivity index (χ4n) is 0.904. The lowest BCUT2D eigenvalue weighted by Gasteiger charge is -2.05. The first-order chi connectivity index (χ1) is 6.02. The van der Waals surface area contributed by atoms with Crippen LogP contribution in [0.25, 0.3) is 0 Å². The molecule has 0 amide bonds. The molecule has 1 atom stereocenters. The van der Waals surface area contributed by atoms with Crippen molar-refractivity contribution >= 4 is 55.9 Å². The van der Waals surface area contributed by atoms with E-state index in [2.05, 4.69) is 38.5 Å². The molecule has 1 aromatic carbocycles. The van der Waals surface area contributed by atoms with Gasteiger partial charge in [-0.1, -0.05) is 27.5 Å². The van der Waals surface area contributed by atoms with Crippen LogP contribution in [0.1, 0.15) is 17.3 Å². The van der Waals surface area contributed by atoms with Crippen molar-refractivity contribution in [2.24, 2.45) is 0 Å².